The molecule has 21 heavy (non-hydrogen) atoms. The number of hydrogen-bond donors (Lipinski definition) is 0. The largest absolute Gasteiger partial charge is 0.338 e. The molecule has 0 bridgehead atoms. The van der Waals surface area contributed by atoms with Crippen molar-refractivity contribution >= 4 is 33.3 Å². The van der Waals surface area contributed by atoms with Crippen LogP contribution in [0.3, 0.4) is 0 Å². The second-order valence-electron chi connectivity index (χ2n) is 4.73. The Morgan fingerprint density at radius 1 is 1.38 bits per heavy atom. The molecule has 0 aliphatic carbocycles. The summed E-state index contributed by atoms with van der Waals surface area (Å²) in [5.41, 5.74) is 0.985. The molecule has 0 saturated carbocycles. The van der Waals surface area contributed by atoms with Crippen molar-refractivity contribution in [2.75, 3.05) is 0 Å². The molecule has 3 aromatic rings. The van der Waals surface area contributed by atoms with E-state index in [1.165, 1.54) is 0 Å². The zero-order valence-corrected chi connectivity index (χ0v) is 13.6. The Morgan fingerprint density at radius 3 is 3.14 bits per heavy atom. The molecule has 1 atom stereocenters. The lowest BCUT2D eigenvalue weighted by molar-refractivity contribution is 0.374. The van der Waals surface area contributed by atoms with E-state index >= 15 is 0 Å². The van der Waals surface area contributed by atoms with Gasteiger partial charge in [-0.15, -0.1) is 11.3 Å². The van der Waals surface area contributed by atoms with Crippen LogP contribution in [-0.2, 0) is 6.42 Å². The third-order valence-electron chi connectivity index (χ3n) is 3.08. The molecule has 0 spiro atoms. The Bertz CT molecular complexity index is 724. The van der Waals surface area contributed by atoms with Gasteiger partial charge in [0, 0.05) is 6.42 Å². The molecule has 7 heteroatoms. The van der Waals surface area contributed by atoms with Gasteiger partial charge in [0.05, 0.1) is 15.5 Å². The molecular formula is C14H16N4OS2. The lowest BCUT2D eigenvalue weighted by Crippen LogP contribution is -1.92. The van der Waals surface area contributed by atoms with Crippen LogP contribution in [0.1, 0.15) is 43.7 Å². The van der Waals surface area contributed by atoms with Gasteiger partial charge in [0.25, 0.3) is 0 Å². The fourth-order valence-electron chi connectivity index (χ4n) is 1.94. The van der Waals surface area contributed by atoms with Gasteiger partial charge in [-0.1, -0.05) is 30.3 Å². The van der Waals surface area contributed by atoms with E-state index in [1.807, 2.05) is 11.4 Å². The van der Waals surface area contributed by atoms with E-state index < -0.39 is 0 Å². The number of rotatable bonds is 6. The predicted molar refractivity (Wildman–Crippen MR) is 84.6 cm³/mol. The second kappa shape index (κ2) is 6.53. The summed E-state index contributed by atoms with van der Waals surface area (Å²) >= 11 is 3.29. The first-order valence-electron chi connectivity index (χ1n) is 6.95. The molecule has 0 aliphatic rings. The Morgan fingerprint density at radius 2 is 2.29 bits per heavy atom. The number of unbranched alkanes of at least 4 members (excludes halogenated alkanes) is 1. The van der Waals surface area contributed by atoms with Crippen LogP contribution in [0.5, 0.6) is 0 Å². The quantitative estimate of drug-likeness (QED) is 0.499. The smallest absolute Gasteiger partial charge is 0.239 e. The molecule has 5 nitrogen and oxygen atoms in total. The van der Waals surface area contributed by atoms with Crippen LogP contribution in [0.4, 0.5) is 0 Å². The van der Waals surface area contributed by atoms with E-state index in [0.717, 1.165) is 40.3 Å². The maximum atomic E-state index is 5.37. The average molecular weight is 320 g/mol. The summed E-state index contributed by atoms with van der Waals surface area (Å²) in [6.07, 6.45) is 4.69. The molecule has 0 aromatic carbocycles. The zero-order chi connectivity index (χ0) is 14.7. The number of nitrogens with zero attached hydrogens (tertiary/aromatic N) is 4. The number of aromatic nitrogens is 4. The minimum Gasteiger partial charge on any atom is -0.338 e. The lowest BCUT2D eigenvalue weighted by atomic mass is 10.2. The van der Waals surface area contributed by atoms with Gasteiger partial charge in [-0.2, -0.15) is 4.98 Å². The van der Waals surface area contributed by atoms with E-state index in [2.05, 4.69) is 34.0 Å². The fourth-order valence-corrected chi connectivity index (χ4v) is 3.80. The van der Waals surface area contributed by atoms with Crippen LogP contribution in [0.2, 0.25) is 0 Å². The minimum absolute atomic E-state index is 0.0769. The SMILES string of the molecule is CCCCc1noc(C(C)Sc2ncnc3ccsc23)n1. The summed E-state index contributed by atoms with van der Waals surface area (Å²) in [4.78, 5) is 13.1. The summed E-state index contributed by atoms with van der Waals surface area (Å²) in [5, 5.41) is 7.12. The number of hydrogen-bond acceptors (Lipinski definition) is 7. The van der Waals surface area contributed by atoms with Crippen LogP contribution < -0.4 is 0 Å². The van der Waals surface area contributed by atoms with Gasteiger partial charge in [0.1, 0.15) is 11.4 Å². The van der Waals surface area contributed by atoms with Crippen LogP contribution in [0, 0.1) is 0 Å². The second-order valence-corrected chi connectivity index (χ2v) is 6.97. The van der Waals surface area contributed by atoms with E-state index in [4.69, 9.17) is 4.52 Å². The Balaban J connectivity index is 1.75. The van der Waals surface area contributed by atoms with E-state index in [9.17, 15) is 0 Å². The predicted octanol–water partition coefficient (Wildman–Crippen LogP) is 4.27. The van der Waals surface area contributed by atoms with Gasteiger partial charge in [-0.05, 0) is 24.8 Å². The maximum Gasteiger partial charge on any atom is 0.239 e. The molecule has 0 amide bonds. The highest BCUT2D eigenvalue weighted by Crippen LogP contribution is 2.37. The molecule has 0 aliphatic heterocycles. The Kier molecular flexibility index (Phi) is 4.50. The number of aryl methyl sites for hydroxylation is 1. The van der Waals surface area contributed by atoms with Crippen LogP contribution in [0.25, 0.3) is 10.2 Å². The number of thioether (sulfide) groups is 1. The zero-order valence-electron chi connectivity index (χ0n) is 11.9. The molecule has 0 radical (unpaired) electrons. The normalized spacial score (nSPS) is 12.9. The Hall–Kier alpha value is -1.47. The maximum absolute atomic E-state index is 5.37. The van der Waals surface area contributed by atoms with Crippen LogP contribution >= 0.6 is 23.1 Å². The average Bonchev–Trinajstić information content (AvgIpc) is 3.14. The Labute approximate surface area is 131 Å². The van der Waals surface area contributed by atoms with Gasteiger partial charge in [0.2, 0.25) is 5.89 Å². The highest BCUT2D eigenvalue weighted by atomic mass is 32.2. The summed E-state index contributed by atoms with van der Waals surface area (Å²) < 4.78 is 6.48. The molecule has 3 aromatic heterocycles. The van der Waals surface area contributed by atoms with Crippen molar-refractivity contribution in [2.24, 2.45) is 0 Å². The van der Waals surface area contributed by atoms with Gasteiger partial charge in [-0.25, -0.2) is 9.97 Å². The monoisotopic (exact) mass is 320 g/mol. The molecule has 0 fully saturated rings. The summed E-state index contributed by atoms with van der Waals surface area (Å²) in [7, 11) is 0. The topological polar surface area (TPSA) is 64.7 Å². The minimum atomic E-state index is 0.0769. The molecule has 3 rings (SSSR count). The van der Waals surface area contributed by atoms with Crippen LogP contribution in [0.15, 0.2) is 27.3 Å². The standard InChI is InChI=1S/C14H16N4OS2/c1-3-4-5-11-17-13(19-18-11)9(2)21-14-12-10(6-7-20-12)15-8-16-14/h6-9H,3-5H2,1-2H3. The van der Waals surface area contributed by atoms with Crippen molar-refractivity contribution in [2.45, 2.75) is 43.4 Å². The molecule has 0 saturated heterocycles. The van der Waals surface area contributed by atoms with Crippen LogP contribution in [-0.4, -0.2) is 20.1 Å². The van der Waals surface area contributed by atoms with Gasteiger partial charge in [0.15, 0.2) is 5.82 Å². The van der Waals surface area contributed by atoms with Crippen molar-refractivity contribution in [3.63, 3.8) is 0 Å². The van der Waals surface area contributed by atoms with Gasteiger partial charge in [-0.3, -0.25) is 0 Å². The third kappa shape index (κ3) is 3.24. The number of fused-ring (bicyclic) bond motifs is 1. The first-order chi connectivity index (χ1) is 10.3. The highest BCUT2D eigenvalue weighted by Gasteiger charge is 2.18. The highest BCUT2D eigenvalue weighted by molar-refractivity contribution is 7.99. The lowest BCUT2D eigenvalue weighted by Gasteiger charge is -2.05. The van der Waals surface area contributed by atoms with Crippen molar-refractivity contribution in [3.8, 4) is 0 Å². The van der Waals surface area contributed by atoms with Crippen molar-refractivity contribution in [1.29, 1.82) is 0 Å². The first-order valence-corrected chi connectivity index (χ1v) is 8.71. The number of thiophene rings is 1. The third-order valence-corrected chi connectivity index (χ3v) is 5.21. The summed E-state index contributed by atoms with van der Waals surface area (Å²) in [6, 6.07) is 2.01. The van der Waals surface area contributed by atoms with E-state index in [-0.39, 0.29) is 5.25 Å². The molecule has 3 heterocycles. The van der Waals surface area contributed by atoms with E-state index in [0.29, 0.717) is 5.89 Å². The summed E-state index contributed by atoms with van der Waals surface area (Å²) in [6.45, 7) is 4.21. The van der Waals surface area contributed by atoms with Gasteiger partial charge >= 0.3 is 0 Å². The van der Waals surface area contributed by atoms with Crippen molar-refractivity contribution < 1.29 is 4.52 Å². The van der Waals surface area contributed by atoms with Crippen molar-refractivity contribution in [3.05, 3.63) is 29.5 Å². The van der Waals surface area contributed by atoms with Crippen molar-refractivity contribution in [1.82, 2.24) is 20.1 Å². The fraction of sp³-hybridized carbons (Fsp3) is 0.429. The first kappa shape index (κ1) is 14.5. The summed E-state index contributed by atoms with van der Waals surface area (Å²) in [5.74, 6) is 1.46. The molecule has 0 N–H and O–H groups in total. The molecular weight excluding hydrogens is 304 g/mol. The molecule has 110 valence electrons. The van der Waals surface area contributed by atoms with Gasteiger partial charge < -0.3 is 4.52 Å². The van der Waals surface area contributed by atoms with E-state index in [1.54, 1.807) is 29.4 Å². The molecule has 1 unspecified atom stereocenters.